The lowest BCUT2D eigenvalue weighted by molar-refractivity contribution is 0.103. The number of fused-ring (bicyclic) bond motifs is 1. The maximum atomic E-state index is 12.9. The Morgan fingerprint density at radius 2 is 1.86 bits per heavy atom. The zero-order valence-electron chi connectivity index (χ0n) is 10.8. The number of nitrogens with zero attached hydrogens (tertiary/aromatic N) is 1. The van der Waals surface area contributed by atoms with Crippen LogP contribution in [0, 0.1) is 5.82 Å². The van der Waals surface area contributed by atoms with Crippen molar-refractivity contribution in [3.63, 3.8) is 0 Å². The zero-order chi connectivity index (χ0) is 15.0. The molecular formula is C16H10ClFN2O. The Hall–Kier alpha value is -2.46. The van der Waals surface area contributed by atoms with E-state index in [4.69, 9.17) is 17.3 Å². The molecule has 0 fully saturated rings. The quantitative estimate of drug-likeness (QED) is 0.732. The lowest BCUT2D eigenvalue weighted by Gasteiger charge is -2.08. The summed E-state index contributed by atoms with van der Waals surface area (Å²) in [5.41, 5.74) is 7.67. The number of nitrogen functional groups attached to an aromatic ring is 1. The van der Waals surface area contributed by atoms with E-state index in [1.807, 2.05) is 0 Å². The Balaban J connectivity index is 2.12. The minimum atomic E-state index is -0.397. The molecule has 0 bridgehead atoms. The lowest BCUT2D eigenvalue weighted by atomic mass is 10.0. The predicted octanol–water partition coefficient (Wildman–Crippen LogP) is 3.84. The second-order valence-electron chi connectivity index (χ2n) is 4.58. The summed E-state index contributed by atoms with van der Waals surface area (Å²) in [6.45, 7) is 0. The molecule has 21 heavy (non-hydrogen) atoms. The number of anilines is 1. The number of carbonyl (C=O) groups excluding carboxylic acids is 1. The van der Waals surface area contributed by atoms with Crippen molar-refractivity contribution in [2.24, 2.45) is 0 Å². The van der Waals surface area contributed by atoms with Gasteiger partial charge in [0.15, 0.2) is 5.78 Å². The van der Waals surface area contributed by atoms with E-state index in [0.29, 0.717) is 27.2 Å². The first-order valence-electron chi connectivity index (χ1n) is 6.20. The molecule has 0 aliphatic rings. The Labute approximate surface area is 125 Å². The summed E-state index contributed by atoms with van der Waals surface area (Å²) in [7, 11) is 0. The molecule has 0 aliphatic carbocycles. The number of ketones is 1. The van der Waals surface area contributed by atoms with Crippen molar-refractivity contribution in [1.29, 1.82) is 0 Å². The van der Waals surface area contributed by atoms with Crippen molar-refractivity contribution >= 4 is 34.0 Å². The van der Waals surface area contributed by atoms with Gasteiger partial charge in [-0.3, -0.25) is 9.78 Å². The predicted molar refractivity (Wildman–Crippen MR) is 81.0 cm³/mol. The smallest absolute Gasteiger partial charge is 0.196 e. The summed E-state index contributed by atoms with van der Waals surface area (Å²) in [4.78, 5) is 16.6. The maximum Gasteiger partial charge on any atom is 0.196 e. The average Bonchev–Trinajstić information content (AvgIpc) is 2.47. The van der Waals surface area contributed by atoms with Gasteiger partial charge in [-0.05, 0) is 42.5 Å². The van der Waals surface area contributed by atoms with Gasteiger partial charge in [0.25, 0.3) is 0 Å². The van der Waals surface area contributed by atoms with E-state index in [2.05, 4.69) is 4.98 Å². The maximum absolute atomic E-state index is 12.9. The Morgan fingerprint density at radius 3 is 2.57 bits per heavy atom. The third-order valence-corrected chi connectivity index (χ3v) is 3.46. The summed E-state index contributed by atoms with van der Waals surface area (Å²) in [5.74, 6) is -0.692. The highest BCUT2D eigenvalue weighted by molar-refractivity contribution is 6.31. The molecule has 3 rings (SSSR count). The number of hydrogen-bond donors (Lipinski definition) is 1. The van der Waals surface area contributed by atoms with E-state index >= 15 is 0 Å². The van der Waals surface area contributed by atoms with Crippen LogP contribution in [-0.2, 0) is 0 Å². The summed E-state index contributed by atoms with van der Waals surface area (Å²) in [6, 6.07) is 10.4. The van der Waals surface area contributed by atoms with Crippen LogP contribution < -0.4 is 5.73 Å². The molecule has 0 amide bonds. The highest BCUT2D eigenvalue weighted by Crippen LogP contribution is 2.27. The molecule has 0 aliphatic heterocycles. The van der Waals surface area contributed by atoms with Gasteiger partial charge < -0.3 is 5.73 Å². The number of rotatable bonds is 2. The fourth-order valence-electron chi connectivity index (χ4n) is 2.13. The molecule has 5 heteroatoms. The van der Waals surface area contributed by atoms with Crippen LogP contribution >= 0.6 is 11.6 Å². The minimum Gasteiger partial charge on any atom is -0.398 e. The van der Waals surface area contributed by atoms with Gasteiger partial charge >= 0.3 is 0 Å². The van der Waals surface area contributed by atoms with E-state index in [-0.39, 0.29) is 11.3 Å². The van der Waals surface area contributed by atoms with Crippen molar-refractivity contribution in [3.05, 3.63) is 70.6 Å². The number of nitrogens with two attached hydrogens (primary N) is 1. The van der Waals surface area contributed by atoms with Crippen LogP contribution in [0.2, 0.25) is 5.02 Å². The van der Waals surface area contributed by atoms with Gasteiger partial charge in [0.05, 0.1) is 16.8 Å². The van der Waals surface area contributed by atoms with E-state index in [9.17, 15) is 9.18 Å². The van der Waals surface area contributed by atoms with Gasteiger partial charge in [0.1, 0.15) is 5.82 Å². The van der Waals surface area contributed by atoms with Crippen molar-refractivity contribution in [1.82, 2.24) is 4.98 Å². The first kappa shape index (κ1) is 13.5. The van der Waals surface area contributed by atoms with Crippen LogP contribution in [0.4, 0.5) is 10.1 Å². The molecule has 1 heterocycles. The normalized spacial score (nSPS) is 10.8. The topological polar surface area (TPSA) is 56.0 Å². The van der Waals surface area contributed by atoms with Crippen LogP contribution in [-0.4, -0.2) is 10.8 Å². The summed E-state index contributed by atoms with van der Waals surface area (Å²) < 4.78 is 12.9. The molecule has 2 N–H and O–H groups in total. The number of carbonyl (C=O) groups is 1. The van der Waals surface area contributed by atoms with Gasteiger partial charge in [0, 0.05) is 22.2 Å². The Bertz CT molecular complexity index is 847. The van der Waals surface area contributed by atoms with Gasteiger partial charge in [-0.15, -0.1) is 0 Å². The van der Waals surface area contributed by atoms with Crippen LogP contribution in [0.15, 0.2) is 48.7 Å². The number of benzene rings is 2. The van der Waals surface area contributed by atoms with Gasteiger partial charge in [-0.1, -0.05) is 11.6 Å². The molecule has 3 nitrogen and oxygen atoms in total. The molecule has 0 radical (unpaired) electrons. The average molecular weight is 301 g/mol. The fourth-order valence-corrected chi connectivity index (χ4v) is 2.29. The molecule has 3 aromatic rings. The molecule has 0 saturated heterocycles. The molecule has 2 aromatic carbocycles. The number of pyridine rings is 1. The van der Waals surface area contributed by atoms with Gasteiger partial charge in [-0.25, -0.2) is 4.39 Å². The van der Waals surface area contributed by atoms with Crippen molar-refractivity contribution in [2.45, 2.75) is 0 Å². The molecule has 1 aromatic heterocycles. The van der Waals surface area contributed by atoms with E-state index in [1.165, 1.54) is 30.5 Å². The second kappa shape index (κ2) is 5.14. The summed E-state index contributed by atoms with van der Waals surface area (Å²) >= 11 is 5.90. The number of halogens is 2. The van der Waals surface area contributed by atoms with Crippen molar-refractivity contribution in [3.8, 4) is 0 Å². The van der Waals surface area contributed by atoms with E-state index < -0.39 is 5.82 Å². The molecule has 0 spiro atoms. The van der Waals surface area contributed by atoms with Crippen LogP contribution in [0.5, 0.6) is 0 Å². The van der Waals surface area contributed by atoms with Gasteiger partial charge in [0.2, 0.25) is 0 Å². The highest BCUT2D eigenvalue weighted by atomic mass is 35.5. The fraction of sp³-hybridized carbons (Fsp3) is 0. The molecule has 104 valence electrons. The molecule has 0 saturated carbocycles. The van der Waals surface area contributed by atoms with Crippen molar-refractivity contribution in [2.75, 3.05) is 5.73 Å². The SMILES string of the molecule is Nc1c(C(=O)c2ccc(F)cc2)cnc2cc(Cl)ccc12. The third-order valence-electron chi connectivity index (χ3n) is 3.22. The van der Waals surface area contributed by atoms with E-state index in [0.717, 1.165) is 0 Å². The monoisotopic (exact) mass is 300 g/mol. The number of aromatic nitrogens is 1. The zero-order valence-corrected chi connectivity index (χ0v) is 11.6. The molecule has 0 atom stereocenters. The van der Waals surface area contributed by atoms with Crippen molar-refractivity contribution < 1.29 is 9.18 Å². The summed E-state index contributed by atoms with van der Waals surface area (Å²) in [5, 5.41) is 1.21. The first-order chi connectivity index (χ1) is 10.1. The van der Waals surface area contributed by atoms with E-state index in [1.54, 1.807) is 18.2 Å². The standard InChI is InChI=1S/C16H10ClFN2O/c17-10-3-6-12-14(7-10)20-8-13(15(12)19)16(21)9-1-4-11(18)5-2-9/h1-8H,(H2,19,20). The Kier molecular flexibility index (Phi) is 3.31. The van der Waals surface area contributed by atoms with Crippen LogP contribution in [0.25, 0.3) is 10.9 Å². The Morgan fingerprint density at radius 1 is 1.14 bits per heavy atom. The van der Waals surface area contributed by atoms with Crippen LogP contribution in [0.3, 0.4) is 0 Å². The highest BCUT2D eigenvalue weighted by Gasteiger charge is 2.15. The number of hydrogen-bond acceptors (Lipinski definition) is 3. The molecular weight excluding hydrogens is 291 g/mol. The minimum absolute atomic E-state index is 0.288. The summed E-state index contributed by atoms with van der Waals surface area (Å²) in [6.07, 6.45) is 1.42. The van der Waals surface area contributed by atoms with Crippen LogP contribution in [0.1, 0.15) is 15.9 Å². The third kappa shape index (κ3) is 2.45. The lowest BCUT2D eigenvalue weighted by Crippen LogP contribution is -2.07. The molecule has 0 unspecified atom stereocenters. The second-order valence-corrected chi connectivity index (χ2v) is 5.02. The van der Waals surface area contributed by atoms with Gasteiger partial charge in [-0.2, -0.15) is 0 Å². The largest absolute Gasteiger partial charge is 0.398 e. The first-order valence-corrected chi connectivity index (χ1v) is 6.58.